The van der Waals surface area contributed by atoms with E-state index >= 15 is 0 Å². The molecule has 3 heteroatoms. The Bertz CT molecular complexity index is 161. The zero-order valence-corrected chi connectivity index (χ0v) is 8.95. The Kier molecular flexibility index (Phi) is 3.71. The molecule has 1 heterocycles. The molecule has 1 aliphatic rings. The lowest BCUT2D eigenvalue weighted by Gasteiger charge is -2.39. The average molecular weight is 187 g/mol. The summed E-state index contributed by atoms with van der Waals surface area (Å²) in [5.74, 6) is 0.519. The molecule has 0 aromatic heterocycles. The summed E-state index contributed by atoms with van der Waals surface area (Å²) in [7, 11) is 1.89. The fourth-order valence-electron chi connectivity index (χ4n) is 1.85. The third-order valence-electron chi connectivity index (χ3n) is 2.88. The van der Waals surface area contributed by atoms with Gasteiger partial charge in [-0.2, -0.15) is 0 Å². The molecule has 13 heavy (non-hydrogen) atoms. The number of rotatable bonds is 2. The van der Waals surface area contributed by atoms with Gasteiger partial charge >= 0.3 is 0 Å². The summed E-state index contributed by atoms with van der Waals surface area (Å²) in [5.41, 5.74) is 0. The highest BCUT2D eigenvalue weighted by Gasteiger charge is 2.35. The van der Waals surface area contributed by atoms with E-state index in [1.165, 1.54) is 0 Å². The molecule has 0 spiro atoms. The number of nitrogens with one attached hydrogen (secondary N) is 1. The number of likely N-dealkylation sites (N-methyl/N-ethyl adjacent to an activating group) is 1. The Morgan fingerprint density at radius 2 is 2.08 bits per heavy atom. The second-order valence-electron chi connectivity index (χ2n) is 4.25. The molecular weight excluding hydrogens is 166 g/mol. The molecule has 1 rings (SSSR count). The van der Waals surface area contributed by atoms with Crippen LogP contribution in [0.15, 0.2) is 0 Å². The van der Waals surface area contributed by atoms with Gasteiger partial charge in [-0.1, -0.05) is 13.8 Å². The van der Waals surface area contributed by atoms with Crippen molar-refractivity contribution in [2.75, 3.05) is 7.05 Å². The third-order valence-corrected chi connectivity index (χ3v) is 2.88. The van der Waals surface area contributed by atoms with Crippen molar-refractivity contribution in [1.29, 1.82) is 0 Å². The molecule has 4 unspecified atom stereocenters. The van der Waals surface area contributed by atoms with Gasteiger partial charge in [-0.3, -0.25) is 0 Å². The lowest BCUT2D eigenvalue weighted by molar-refractivity contribution is -0.135. The van der Waals surface area contributed by atoms with Crippen LogP contribution in [0.2, 0.25) is 0 Å². The molecule has 0 aliphatic carbocycles. The lowest BCUT2D eigenvalue weighted by Crippen LogP contribution is -2.53. The molecule has 0 bridgehead atoms. The first-order chi connectivity index (χ1) is 6.06. The molecule has 2 N–H and O–H groups in total. The van der Waals surface area contributed by atoms with Crippen molar-refractivity contribution in [3.8, 4) is 0 Å². The lowest BCUT2D eigenvalue weighted by atomic mass is 9.91. The third kappa shape index (κ3) is 2.42. The first-order valence-electron chi connectivity index (χ1n) is 5.07. The summed E-state index contributed by atoms with van der Waals surface area (Å²) in [4.78, 5) is 0. The van der Waals surface area contributed by atoms with E-state index in [1.54, 1.807) is 0 Å². The van der Waals surface area contributed by atoms with Crippen LogP contribution in [-0.2, 0) is 4.74 Å². The maximum absolute atomic E-state index is 9.75. The van der Waals surface area contributed by atoms with Gasteiger partial charge in [0.05, 0.1) is 18.3 Å². The van der Waals surface area contributed by atoms with Crippen molar-refractivity contribution >= 4 is 0 Å². The molecule has 0 saturated carbocycles. The van der Waals surface area contributed by atoms with Gasteiger partial charge in [0, 0.05) is 6.04 Å². The van der Waals surface area contributed by atoms with E-state index in [4.69, 9.17) is 4.74 Å². The van der Waals surface area contributed by atoms with Crippen LogP contribution in [0.3, 0.4) is 0 Å². The molecule has 0 aromatic carbocycles. The Labute approximate surface area is 80.5 Å². The normalized spacial score (nSPS) is 41.1. The van der Waals surface area contributed by atoms with Gasteiger partial charge in [-0.25, -0.2) is 0 Å². The van der Waals surface area contributed by atoms with Crippen molar-refractivity contribution in [2.24, 2.45) is 5.92 Å². The number of aliphatic hydroxyl groups is 1. The minimum Gasteiger partial charge on any atom is -0.389 e. The van der Waals surface area contributed by atoms with Crippen LogP contribution in [0.4, 0.5) is 0 Å². The van der Waals surface area contributed by atoms with Gasteiger partial charge in [0.1, 0.15) is 0 Å². The fourth-order valence-corrected chi connectivity index (χ4v) is 1.85. The van der Waals surface area contributed by atoms with Crippen molar-refractivity contribution in [2.45, 2.75) is 51.5 Å². The topological polar surface area (TPSA) is 41.5 Å². The number of ether oxygens (including phenoxy) is 1. The van der Waals surface area contributed by atoms with Crippen LogP contribution in [-0.4, -0.2) is 36.5 Å². The minimum atomic E-state index is -0.375. The van der Waals surface area contributed by atoms with Crippen LogP contribution in [0.5, 0.6) is 0 Å². The van der Waals surface area contributed by atoms with E-state index in [-0.39, 0.29) is 24.4 Å². The summed E-state index contributed by atoms with van der Waals surface area (Å²) in [6.07, 6.45) is 0.745. The Morgan fingerprint density at radius 3 is 2.54 bits per heavy atom. The molecule has 1 saturated heterocycles. The van der Waals surface area contributed by atoms with Crippen LogP contribution in [0.25, 0.3) is 0 Å². The largest absolute Gasteiger partial charge is 0.389 e. The maximum atomic E-state index is 9.75. The monoisotopic (exact) mass is 187 g/mol. The van der Waals surface area contributed by atoms with Crippen molar-refractivity contribution in [3.05, 3.63) is 0 Å². The van der Waals surface area contributed by atoms with Gasteiger partial charge in [0.15, 0.2) is 0 Å². The standard InChI is InChI=1S/C10H21NO2/c1-6(2)9-5-8(11-4)10(12)7(3)13-9/h6-12H,5H2,1-4H3. The number of hydrogen-bond donors (Lipinski definition) is 2. The zero-order valence-electron chi connectivity index (χ0n) is 8.95. The van der Waals surface area contributed by atoms with E-state index < -0.39 is 0 Å². The molecule has 3 nitrogen and oxygen atoms in total. The summed E-state index contributed by atoms with van der Waals surface area (Å²) in [6, 6.07) is 0.177. The predicted molar refractivity (Wildman–Crippen MR) is 52.6 cm³/mol. The molecule has 0 amide bonds. The predicted octanol–water partition coefficient (Wildman–Crippen LogP) is 0.769. The summed E-state index contributed by atoms with van der Waals surface area (Å²) >= 11 is 0. The SMILES string of the molecule is CNC1CC(C(C)C)OC(C)C1O. The molecule has 0 aromatic rings. The quantitative estimate of drug-likeness (QED) is 0.671. The smallest absolute Gasteiger partial charge is 0.0952 e. The Hall–Kier alpha value is -0.120. The summed E-state index contributed by atoms with van der Waals surface area (Å²) in [6.45, 7) is 6.24. The molecule has 4 atom stereocenters. The fraction of sp³-hybridized carbons (Fsp3) is 1.00. The molecule has 78 valence electrons. The highest BCUT2D eigenvalue weighted by molar-refractivity contribution is 4.88. The average Bonchev–Trinajstić information content (AvgIpc) is 2.09. The molecular formula is C10H21NO2. The molecule has 1 fully saturated rings. The highest BCUT2D eigenvalue weighted by Crippen LogP contribution is 2.24. The van der Waals surface area contributed by atoms with E-state index in [0.29, 0.717) is 5.92 Å². The maximum Gasteiger partial charge on any atom is 0.0952 e. The van der Waals surface area contributed by atoms with Gasteiger partial charge in [0.2, 0.25) is 0 Å². The van der Waals surface area contributed by atoms with Crippen molar-refractivity contribution < 1.29 is 9.84 Å². The van der Waals surface area contributed by atoms with Gasteiger partial charge in [0.25, 0.3) is 0 Å². The highest BCUT2D eigenvalue weighted by atomic mass is 16.5. The zero-order chi connectivity index (χ0) is 10.0. The van der Waals surface area contributed by atoms with E-state index in [1.807, 2.05) is 14.0 Å². The first kappa shape index (κ1) is 11.0. The van der Waals surface area contributed by atoms with Crippen molar-refractivity contribution in [1.82, 2.24) is 5.32 Å². The van der Waals surface area contributed by atoms with Gasteiger partial charge in [-0.05, 0) is 26.3 Å². The summed E-state index contributed by atoms with van der Waals surface area (Å²) < 4.78 is 5.70. The van der Waals surface area contributed by atoms with E-state index in [2.05, 4.69) is 19.2 Å². The van der Waals surface area contributed by atoms with Crippen LogP contribution >= 0.6 is 0 Å². The van der Waals surface area contributed by atoms with E-state index in [0.717, 1.165) is 6.42 Å². The Balaban J connectivity index is 2.58. The number of aliphatic hydroxyl groups excluding tert-OH is 1. The summed E-state index contributed by atoms with van der Waals surface area (Å²) in [5, 5.41) is 12.9. The van der Waals surface area contributed by atoms with Crippen LogP contribution < -0.4 is 5.32 Å². The van der Waals surface area contributed by atoms with Crippen LogP contribution in [0, 0.1) is 5.92 Å². The second-order valence-corrected chi connectivity index (χ2v) is 4.25. The van der Waals surface area contributed by atoms with Crippen molar-refractivity contribution in [3.63, 3.8) is 0 Å². The van der Waals surface area contributed by atoms with Gasteiger partial charge < -0.3 is 15.2 Å². The first-order valence-corrected chi connectivity index (χ1v) is 5.07. The van der Waals surface area contributed by atoms with Gasteiger partial charge in [-0.15, -0.1) is 0 Å². The molecule has 1 aliphatic heterocycles. The minimum absolute atomic E-state index is 0.0569. The molecule has 0 radical (unpaired) electrons. The second kappa shape index (κ2) is 4.40. The van der Waals surface area contributed by atoms with E-state index in [9.17, 15) is 5.11 Å². The number of hydrogen-bond acceptors (Lipinski definition) is 3. The van der Waals surface area contributed by atoms with Crippen LogP contribution in [0.1, 0.15) is 27.2 Å². The Morgan fingerprint density at radius 1 is 1.46 bits per heavy atom.